The number of nitrogens with zero attached hydrogens (tertiary/aromatic N) is 1. The molecule has 0 aliphatic carbocycles. The first-order chi connectivity index (χ1) is 13.9. The van der Waals surface area contributed by atoms with E-state index in [0.717, 1.165) is 18.4 Å². The molecule has 0 fully saturated rings. The van der Waals surface area contributed by atoms with E-state index >= 15 is 0 Å². The highest BCUT2D eigenvalue weighted by Gasteiger charge is 2.26. The fraction of sp³-hybridized carbons (Fsp3) is 0.391. The van der Waals surface area contributed by atoms with E-state index in [-0.39, 0.29) is 30.8 Å². The second-order valence-corrected chi connectivity index (χ2v) is 6.90. The molecule has 0 aliphatic heterocycles. The lowest BCUT2D eigenvalue weighted by molar-refractivity contribution is -0.142. The second-order valence-electron chi connectivity index (χ2n) is 6.90. The molecule has 2 rings (SSSR count). The maximum absolute atomic E-state index is 13.2. The number of amides is 2. The number of hydrogen-bond acceptors (Lipinski definition) is 3. The van der Waals surface area contributed by atoms with Crippen molar-refractivity contribution in [3.63, 3.8) is 0 Å². The highest BCUT2D eigenvalue weighted by atomic mass is 19.1. The molecule has 0 heterocycles. The lowest BCUT2D eigenvalue weighted by atomic mass is 10.1. The van der Waals surface area contributed by atoms with Crippen LogP contribution < -0.4 is 10.1 Å². The molecule has 0 radical (unpaired) electrons. The minimum Gasteiger partial charge on any atom is -0.484 e. The summed E-state index contributed by atoms with van der Waals surface area (Å²) >= 11 is 0. The Kier molecular flexibility index (Phi) is 8.65. The number of benzene rings is 2. The molecule has 0 aliphatic rings. The summed E-state index contributed by atoms with van der Waals surface area (Å²) in [7, 11) is 0. The van der Waals surface area contributed by atoms with E-state index in [0.29, 0.717) is 12.3 Å². The largest absolute Gasteiger partial charge is 0.484 e. The molecule has 6 heteroatoms. The Morgan fingerprint density at radius 1 is 1.03 bits per heavy atom. The van der Waals surface area contributed by atoms with Crippen molar-refractivity contribution in [1.29, 1.82) is 0 Å². The summed E-state index contributed by atoms with van der Waals surface area (Å²) in [6.45, 7) is 6.27. The van der Waals surface area contributed by atoms with Crippen molar-refractivity contribution in [3.05, 3.63) is 65.5 Å². The van der Waals surface area contributed by atoms with Crippen molar-refractivity contribution in [2.45, 2.75) is 46.2 Å². The molecule has 0 unspecified atom stereocenters. The van der Waals surface area contributed by atoms with Crippen LogP contribution >= 0.6 is 0 Å². The molecule has 1 atom stereocenters. The van der Waals surface area contributed by atoms with Crippen LogP contribution in [-0.4, -0.2) is 35.9 Å². The Balaban J connectivity index is 2.09. The summed E-state index contributed by atoms with van der Waals surface area (Å²) in [6.07, 6.45) is 1.73. The van der Waals surface area contributed by atoms with Gasteiger partial charge in [0.2, 0.25) is 5.91 Å². The Morgan fingerprint density at radius 2 is 1.66 bits per heavy atom. The average Bonchev–Trinajstić information content (AvgIpc) is 2.75. The molecule has 2 aromatic carbocycles. The van der Waals surface area contributed by atoms with Crippen LogP contribution in [0, 0.1) is 5.82 Å². The summed E-state index contributed by atoms with van der Waals surface area (Å²) in [5.41, 5.74) is 1.92. The third-order valence-electron chi connectivity index (χ3n) is 4.68. The zero-order valence-corrected chi connectivity index (χ0v) is 17.3. The number of rotatable bonds is 10. The van der Waals surface area contributed by atoms with Gasteiger partial charge in [0.25, 0.3) is 5.91 Å². The fourth-order valence-electron chi connectivity index (χ4n) is 2.81. The van der Waals surface area contributed by atoms with Gasteiger partial charge >= 0.3 is 0 Å². The Labute approximate surface area is 171 Å². The molecule has 0 aromatic heterocycles. The smallest absolute Gasteiger partial charge is 0.261 e. The predicted octanol–water partition coefficient (Wildman–Crippen LogP) is 3.71. The maximum atomic E-state index is 13.2. The van der Waals surface area contributed by atoms with E-state index < -0.39 is 6.04 Å². The number of nitrogens with one attached hydrogen (secondary N) is 1. The monoisotopic (exact) mass is 400 g/mol. The van der Waals surface area contributed by atoms with Gasteiger partial charge in [-0.1, -0.05) is 38.1 Å². The van der Waals surface area contributed by atoms with E-state index in [9.17, 15) is 14.0 Å². The number of ether oxygens (including phenoxy) is 1. The number of carbonyl (C=O) groups excluding carboxylic acids is 2. The number of halogens is 1. The standard InChI is InChI=1S/C23H29FN2O3/c1-4-14-25-23(28)17(3)26(15-19-6-10-20(24)11-7-19)22(27)16-29-21-12-8-18(5-2)9-13-21/h6-13,17H,4-5,14-16H2,1-3H3,(H,25,28)/t17-/m1/s1. The van der Waals surface area contributed by atoms with Gasteiger partial charge in [-0.3, -0.25) is 9.59 Å². The molecule has 29 heavy (non-hydrogen) atoms. The zero-order chi connectivity index (χ0) is 21.2. The minimum absolute atomic E-state index is 0.182. The Morgan fingerprint density at radius 3 is 2.24 bits per heavy atom. The van der Waals surface area contributed by atoms with E-state index in [1.165, 1.54) is 22.6 Å². The van der Waals surface area contributed by atoms with Gasteiger partial charge in [0, 0.05) is 13.1 Å². The van der Waals surface area contributed by atoms with Crippen molar-refractivity contribution in [3.8, 4) is 5.75 Å². The van der Waals surface area contributed by atoms with E-state index in [2.05, 4.69) is 12.2 Å². The van der Waals surface area contributed by atoms with Crippen LogP contribution in [0.3, 0.4) is 0 Å². The molecule has 156 valence electrons. The lowest BCUT2D eigenvalue weighted by Crippen LogP contribution is -2.49. The van der Waals surface area contributed by atoms with Crippen LogP contribution in [0.1, 0.15) is 38.3 Å². The predicted molar refractivity (Wildman–Crippen MR) is 111 cm³/mol. The SMILES string of the molecule is CCCNC(=O)[C@@H](C)N(Cc1ccc(F)cc1)C(=O)COc1ccc(CC)cc1. The molecule has 2 aromatic rings. The molecule has 1 N–H and O–H groups in total. The Hall–Kier alpha value is -2.89. The lowest BCUT2D eigenvalue weighted by Gasteiger charge is -2.28. The van der Waals surface area contributed by atoms with Crippen molar-refractivity contribution in [1.82, 2.24) is 10.2 Å². The van der Waals surface area contributed by atoms with Crippen molar-refractivity contribution in [2.24, 2.45) is 0 Å². The van der Waals surface area contributed by atoms with Crippen LogP contribution in [0.2, 0.25) is 0 Å². The summed E-state index contributed by atoms with van der Waals surface area (Å²) in [5.74, 6) is -0.290. The van der Waals surface area contributed by atoms with Gasteiger partial charge in [-0.25, -0.2) is 4.39 Å². The van der Waals surface area contributed by atoms with Gasteiger partial charge in [0.1, 0.15) is 17.6 Å². The van der Waals surface area contributed by atoms with Crippen molar-refractivity contribution >= 4 is 11.8 Å². The third kappa shape index (κ3) is 6.89. The molecular formula is C23H29FN2O3. The zero-order valence-electron chi connectivity index (χ0n) is 17.3. The Bertz CT molecular complexity index is 791. The van der Waals surface area contributed by atoms with Crippen molar-refractivity contribution in [2.75, 3.05) is 13.2 Å². The number of hydrogen-bond donors (Lipinski definition) is 1. The van der Waals surface area contributed by atoms with Gasteiger partial charge in [0.15, 0.2) is 6.61 Å². The van der Waals surface area contributed by atoms with E-state index in [1.54, 1.807) is 19.1 Å². The van der Waals surface area contributed by atoms with Gasteiger partial charge < -0.3 is 15.0 Å². The molecule has 0 bridgehead atoms. The van der Waals surface area contributed by atoms with Gasteiger partial charge in [-0.2, -0.15) is 0 Å². The summed E-state index contributed by atoms with van der Waals surface area (Å²) in [5, 5.41) is 2.82. The van der Waals surface area contributed by atoms with Gasteiger partial charge in [-0.15, -0.1) is 0 Å². The molecule has 5 nitrogen and oxygen atoms in total. The van der Waals surface area contributed by atoms with Crippen LogP contribution in [0.25, 0.3) is 0 Å². The normalized spacial score (nSPS) is 11.6. The molecule has 0 spiro atoms. The number of carbonyl (C=O) groups is 2. The first-order valence-corrected chi connectivity index (χ1v) is 9.98. The van der Waals surface area contributed by atoms with Crippen LogP contribution in [0.4, 0.5) is 4.39 Å². The summed E-state index contributed by atoms with van der Waals surface area (Å²) in [4.78, 5) is 26.8. The van der Waals surface area contributed by atoms with Gasteiger partial charge in [-0.05, 0) is 55.2 Å². The highest BCUT2D eigenvalue weighted by Crippen LogP contribution is 2.15. The fourth-order valence-corrected chi connectivity index (χ4v) is 2.81. The highest BCUT2D eigenvalue weighted by molar-refractivity contribution is 5.87. The summed E-state index contributed by atoms with van der Waals surface area (Å²) < 4.78 is 18.8. The molecule has 0 saturated heterocycles. The van der Waals surface area contributed by atoms with Gasteiger partial charge in [0.05, 0.1) is 0 Å². The molecule has 2 amide bonds. The number of aryl methyl sites for hydroxylation is 1. The third-order valence-corrected chi connectivity index (χ3v) is 4.68. The van der Waals surface area contributed by atoms with Crippen LogP contribution in [0.5, 0.6) is 5.75 Å². The van der Waals surface area contributed by atoms with E-state index in [1.807, 2.05) is 31.2 Å². The quantitative estimate of drug-likeness (QED) is 0.661. The van der Waals surface area contributed by atoms with Crippen LogP contribution in [-0.2, 0) is 22.6 Å². The van der Waals surface area contributed by atoms with Crippen molar-refractivity contribution < 1.29 is 18.7 Å². The topological polar surface area (TPSA) is 58.6 Å². The van der Waals surface area contributed by atoms with Crippen LogP contribution in [0.15, 0.2) is 48.5 Å². The first-order valence-electron chi connectivity index (χ1n) is 9.98. The maximum Gasteiger partial charge on any atom is 0.261 e. The average molecular weight is 400 g/mol. The molecule has 0 saturated carbocycles. The minimum atomic E-state index is -0.676. The molecular weight excluding hydrogens is 371 g/mol. The first kappa shape index (κ1) is 22.4. The second kappa shape index (κ2) is 11.2. The van der Waals surface area contributed by atoms with E-state index in [4.69, 9.17) is 4.74 Å². The summed E-state index contributed by atoms with van der Waals surface area (Å²) in [6, 6.07) is 12.8.